The van der Waals surface area contributed by atoms with Crippen molar-refractivity contribution in [2.75, 3.05) is 31.1 Å². The zero-order chi connectivity index (χ0) is 21.1. The Morgan fingerprint density at radius 3 is 2.40 bits per heavy atom. The van der Waals surface area contributed by atoms with Gasteiger partial charge in [-0.15, -0.1) is 0 Å². The van der Waals surface area contributed by atoms with Gasteiger partial charge in [0.15, 0.2) is 0 Å². The van der Waals surface area contributed by atoms with Crippen molar-refractivity contribution in [2.45, 2.75) is 33.6 Å². The molecule has 1 fully saturated rings. The van der Waals surface area contributed by atoms with Gasteiger partial charge in [-0.2, -0.15) is 4.98 Å². The maximum atomic E-state index is 12.7. The summed E-state index contributed by atoms with van der Waals surface area (Å²) in [5, 5.41) is 4.05. The van der Waals surface area contributed by atoms with E-state index in [2.05, 4.69) is 47.1 Å². The molecule has 2 heterocycles. The lowest BCUT2D eigenvalue weighted by atomic mass is 10.1. The van der Waals surface area contributed by atoms with E-state index in [0.29, 0.717) is 24.6 Å². The van der Waals surface area contributed by atoms with Gasteiger partial charge in [0.1, 0.15) is 0 Å². The number of hydrogen-bond donors (Lipinski definition) is 0. The van der Waals surface area contributed by atoms with Gasteiger partial charge in [0.2, 0.25) is 17.6 Å². The van der Waals surface area contributed by atoms with E-state index < -0.39 is 0 Å². The lowest BCUT2D eigenvalue weighted by molar-refractivity contribution is -0.131. The predicted molar refractivity (Wildman–Crippen MR) is 118 cm³/mol. The summed E-state index contributed by atoms with van der Waals surface area (Å²) < 4.78 is 5.35. The molecule has 6 nitrogen and oxygen atoms in total. The molecule has 0 unspecified atom stereocenters. The summed E-state index contributed by atoms with van der Waals surface area (Å²) in [6.45, 7) is 9.49. The Bertz CT molecular complexity index is 1020. The number of anilines is 1. The highest BCUT2D eigenvalue weighted by atomic mass is 16.5. The van der Waals surface area contributed by atoms with Crippen LogP contribution in [0.1, 0.15) is 29.0 Å². The lowest BCUT2D eigenvalue weighted by Gasteiger charge is -2.37. The van der Waals surface area contributed by atoms with Crippen LogP contribution in [-0.4, -0.2) is 47.1 Å². The zero-order valence-corrected chi connectivity index (χ0v) is 17.9. The van der Waals surface area contributed by atoms with E-state index in [4.69, 9.17) is 4.52 Å². The molecule has 4 rings (SSSR count). The number of aryl methyl sites for hydroxylation is 4. The molecule has 0 saturated carbocycles. The molecule has 0 spiro atoms. The third kappa shape index (κ3) is 4.53. The van der Waals surface area contributed by atoms with Gasteiger partial charge in [0.05, 0.1) is 0 Å². The van der Waals surface area contributed by atoms with Crippen molar-refractivity contribution >= 4 is 11.6 Å². The number of carbonyl (C=O) groups is 1. The van der Waals surface area contributed by atoms with Gasteiger partial charge in [-0.3, -0.25) is 4.79 Å². The first-order valence-electron chi connectivity index (χ1n) is 10.5. The molecule has 0 radical (unpaired) electrons. The van der Waals surface area contributed by atoms with E-state index in [-0.39, 0.29) is 5.91 Å². The van der Waals surface area contributed by atoms with Crippen molar-refractivity contribution < 1.29 is 9.32 Å². The molecule has 6 heteroatoms. The second kappa shape index (κ2) is 8.69. The standard InChI is InChI=1S/C24H28N4O2/c1-17-5-8-20(9-6-17)24-25-22(30-26-24)10-11-23(29)28-14-12-27(13-15-28)21-16-18(2)4-7-19(21)3/h4-9,16H,10-15H2,1-3H3. The number of hydrogen-bond acceptors (Lipinski definition) is 5. The Kier molecular flexibility index (Phi) is 5.84. The molecule has 3 aromatic rings. The van der Waals surface area contributed by atoms with Gasteiger partial charge >= 0.3 is 0 Å². The fourth-order valence-electron chi connectivity index (χ4n) is 3.81. The van der Waals surface area contributed by atoms with Crippen LogP contribution in [0.2, 0.25) is 0 Å². The van der Waals surface area contributed by atoms with Crippen LogP contribution in [0.4, 0.5) is 5.69 Å². The summed E-state index contributed by atoms with van der Waals surface area (Å²) in [6.07, 6.45) is 0.855. The van der Waals surface area contributed by atoms with Crippen molar-refractivity contribution in [1.82, 2.24) is 15.0 Å². The van der Waals surface area contributed by atoms with Crippen LogP contribution < -0.4 is 4.90 Å². The summed E-state index contributed by atoms with van der Waals surface area (Å²) >= 11 is 0. The first-order chi connectivity index (χ1) is 14.5. The summed E-state index contributed by atoms with van der Waals surface area (Å²) in [5.41, 5.74) is 5.92. The summed E-state index contributed by atoms with van der Waals surface area (Å²) in [5.74, 6) is 1.22. The van der Waals surface area contributed by atoms with Gasteiger partial charge in [-0.05, 0) is 38.0 Å². The van der Waals surface area contributed by atoms with Gasteiger partial charge in [0.25, 0.3) is 0 Å². The fraction of sp³-hybridized carbons (Fsp3) is 0.375. The smallest absolute Gasteiger partial charge is 0.227 e. The van der Waals surface area contributed by atoms with Crippen LogP contribution in [0.5, 0.6) is 0 Å². The first-order valence-corrected chi connectivity index (χ1v) is 10.5. The van der Waals surface area contributed by atoms with E-state index in [1.807, 2.05) is 36.1 Å². The molecule has 0 N–H and O–H groups in total. The molecule has 0 aliphatic carbocycles. The number of nitrogens with zero attached hydrogens (tertiary/aromatic N) is 4. The quantitative estimate of drug-likeness (QED) is 0.644. The Labute approximate surface area is 177 Å². The Morgan fingerprint density at radius 2 is 1.67 bits per heavy atom. The minimum absolute atomic E-state index is 0.144. The molecule has 1 amide bonds. The topological polar surface area (TPSA) is 62.5 Å². The van der Waals surface area contributed by atoms with E-state index >= 15 is 0 Å². The van der Waals surface area contributed by atoms with Crippen molar-refractivity contribution in [3.05, 3.63) is 65.0 Å². The van der Waals surface area contributed by atoms with Crippen LogP contribution in [-0.2, 0) is 11.2 Å². The Balaban J connectivity index is 1.29. The average molecular weight is 405 g/mol. The second-order valence-corrected chi connectivity index (χ2v) is 8.04. The molecular formula is C24H28N4O2. The zero-order valence-electron chi connectivity index (χ0n) is 17.9. The minimum Gasteiger partial charge on any atom is -0.368 e. The van der Waals surface area contributed by atoms with Gasteiger partial charge in [-0.1, -0.05) is 47.1 Å². The van der Waals surface area contributed by atoms with E-state index in [0.717, 1.165) is 31.7 Å². The van der Waals surface area contributed by atoms with Gasteiger partial charge in [-0.25, -0.2) is 0 Å². The van der Waals surface area contributed by atoms with Crippen LogP contribution in [0.25, 0.3) is 11.4 Å². The van der Waals surface area contributed by atoms with E-state index in [9.17, 15) is 4.79 Å². The van der Waals surface area contributed by atoms with Crippen LogP contribution in [0.3, 0.4) is 0 Å². The lowest BCUT2D eigenvalue weighted by Crippen LogP contribution is -2.49. The molecular weight excluding hydrogens is 376 g/mol. The number of carbonyl (C=O) groups excluding carboxylic acids is 1. The summed E-state index contributed by atoms with van der Waals surface area (Å²) in [4.78, 5) is 21.4. The van der Waals surface area contributed by atoms with Crippen molar-refractivity contribution in [1.29, 1.82) is 0 Å². The first kappa shape index (κ1) is 20.1. The van der Waals surface area contributed by atoms with Crippen molar-refractivity contribution in [3.63, 3.8) is 0 Å². The summed E-state index contributed by atoms with van der Waals surface area (Å²) in [7, 11) is 0. The van der Waals surface area contributed by atoms with Gasteiger partial charge < -0.3 is 14.3 Å². The number of rotatable bonds is 5. The molecule has 0 bridgehead atoms. The number of aromatic nitrogens is 2. The molecule has 30 heavy (non-hydrogen) atoms. The SMILES string of the molecule is Cc1ccc(-c2noc(CCC(=O)N3CCN(c4cc(C)ccc4C)CC3)n2)cc1. The van der Waals surface area contributed by atoms with Crippen molar-refractivity contribution in [3.8, 4) is 11.4 Å². The Morgan fingerprint density at radius 1 is 0.967 bits per heavy atom. The molecule has 1 saturated heterocycles. The molecule has 1 aliphatic heterocycles. The summed E-state index contributed by atoms with van der Waals surface area (Å²) in [6, 6.07) is 14.5. The molecule has 2 aromatic carbocycles. The highest BCUT2D eigenvalue weighted by Crippen LogP contribution is 2.23. The Hall–Kier alpha value is -3.15. The number of benzene rings is 2. The second-order valence-electron chi connectivity index (χ2n) is 8.04. The third-order valence-electron chi connectivity index (χ3n) is 5.67. The molecule has 0 atom stereocenters. The number of amides is 1. The predicted octanol–water partition coefficient (Wildman–Crippen LogP) is 3.94. The largest absolute Gasteiger partial charge is 0.368 e. The van der Waals surface area contributed by atoms with Crippen molar-refractivity contribution in [2.24, 2.45) is 0 Å². The maximum Gasteiger partial charge on any atom is 0.227 e. The van der Waals surface area contributed by atoms with E-state index in [1.165, 1.54) is 22.4 Å². The third-order valence-corrected chi connectivity index (χ3v) is 5.67. The van der Waals surface area contributed by atoms with Crippen LogP contribution >= 0.6 is 0 Å². The molecule has 1 aliphatic rings. The normalized spacial score (nSPS) is 14.2. The van der Waals surface area contributed by atoms with Gasteiger partial charge in [0, 0.05) is 50.3 Å². The maximum absolute atomic E-state index is 12.7. The number of piperazine rings is 1. The minimum atomic E-state index is 0.144. The highest BCUT2D eigenvalue weighted by molar-refractivity contribution is 5.76. The van der Waals surface area contributed by atoms with Crippen LogP contribution in [0.15, 0.2) is 47.0 Å². The average Bonchev–Trinajstić information content (AvgIpc) is 3.23. The van der Waals surface area contributed by atoms with E-state index in [1.54, 1.807) is 0 Å². The molecule has 156 valence electrons. The molecule has 1 aromatic heterocycles. The van der Waals surface area contributed by atoms with Crippen LogP contribution in [0, 0.1) is 20.8 Å². The highest BCUT2D eigenvalue weighted by Gasteiger charge is 2.22. The fourth-order valence-corrected chi connectivity index (χ4v) is 3.81. The monoisotopic (exact) mass is 404 g/mol.